The second-order valence-electron chi connectivity index (χ2n) is 6.41. The van der Waals surface area contributed by atoms with Crippen LogP contribution in [0.3, 0.4) is 0 Å². The van der Waals surface area contributed by atoms with Crippen molar-refractivity contribution in [3.63, 3.8) is 0 Å². The molecule has 1 aromatic heterocycles. The van der Waals surface area contributed by atoms with Crippen LogP contribution in [0.5, 0.6) is 11.5 Å². The van der Waals surface area contributed by atoms with Gasteiger partial charge in [-0.25, -0.2) is 9.37 Å². The van der Waals surface area contributed by atoms with Crippen LogP contribution >= 0.6 is 46.4 Å². The Morgan fingerprint density at radius 1 is 0.828 bits per heavy atom. The number of para-hydroxylation sites is 1. The summed E-state index contributed by atoms with van der Waals surface area (Å²) in [4.78, 5) is 4.65. The average molecular weight is 467 g/mol. The van der Waals surface area contributed by atoms with Crippen LogP contribution in [0, 0.1) is 12.7 Å². The SMILES string of the molecule is Cc1cc(-c2cc(Cl)c(F)c(Cl)c2)nc2ccc(Oc3c(Cl)cccc3Cl)cc12. The lowest BCUT2D eigenvalue weighted by Gasteiger charge is -2.12. The fourth-order valence-corrected chi connectivity index (χ4v) is 3.95. The molecule has 0 atom stereocenters. The fourth-order valence-electron chi connectivity index (χ4n) is 2.99. The topological polar surface area (TPSA) is 22.1 Å². The highest BCUT2D eigenvalue weighted by molar-refractivity contribution is 6.37. The fraction of sp³-hybridized carbons (Fsp3) is 0.0455. The van der Waals surface area contributed by atoms with Crippen LogP contribution in [0.2, 0.25) is 20.1 Å². The molecule has 0 saturated carbocycles. The maximum absolute atomic E-state index is 13.7. The van der Waals surface area contributed by atoms with Gasteiger partial charge >= 0.3 is 0 Å². The summed E-state index contributed by atoms with van der Waals surface area (Å²) in [5, 5.41) is 1.65. The van der Waals surface area contributed by atoms with Gasteiger partial charge in [0.15, 0.2) is 11.6 Å². The Kier molecular flexibility index (Phi) is 5.58. The molecular formula is C22H12Cl4FNO. The number of hydrogen-bond acceptors (Lipinski definition) is 2. The molecule has 0 aliphatic rings. The maximum atomic E-state index is 13.7. The largest absolute Gasteiger partial charge is 0.454 e. The number of ether oxygens (including phenoxy) is 1. The van der Waals surface area contributed by atoms with Crippen molar-refractivity contribution in [2.75, 3.05) is 0 Å². The molecule has 0 amide bonds. The molecule has 4 aromatic rings. The Hall–Kier alpha value is -2.04. The summed E-state index contributed by atoms with van der Waals surface area (Å²) >= 11 is 24.2. The highest BCUT2D eigenvalue weighted by Gasteiger charge is 2.13. The third-order valence-electron chi connectivity index (χ3n) is 4.41. The van der Waals surface area contributed by atoms with Gasteiger partial charge < -0.3 is 4.74 Å². The smallest absolute Gasteiger partial charge is 0.164 e. The summed E-state index contributed by atoms with van der Waals surface area (Å²) in [6.45, 7) is 1.95. The Labute approximate surface area is 186 Å². The molecule has 0 spiro atoms. The lowest BCUT2D eigenvalue weighted by atomic mass is 10.0. The minimum absolute atomic E-state index is 0.0487. The molecule has 1 heterocycles. The number of rotatable bonds is 3. The number of nitrogens with zero attached hydrogens (tertiary/aromatic N) is 1. The summed E-state index contributed by atoms with van der Waals surface area (Å²) < 4.78 is 19.6. The zero-order valence-corrected chi connectivity index (χ0v) is 18.0. The van der Waals surface area contributed by atoms with Gasteiger partial charge in [-0.15, -0.1) is 0 Å². The average Bonchev–Trinajstić information content (AvgIpc) is 2.69. The first kappa shape index (κ1) is 20.2. The van der Waals surface area contributed by atoms with Crippen LogP contribution in [-0.4, -0.2) is 4.98 Å². The van der Waals surface area contributed by atoms with Gasteiger partial charge in [-0.1, -0.05) is 52.5 Å². The molecule has 0 aliphatic heterocycles. The van der Waals surface area contributed by atoms with Crippen LogP contribution in [-0.2, 0) is 0 Å². The first-order chi connectivity index (χ1) is 13.8. The van der Waals surface area contributed by atoms with E-state index >= 15 is 0 Å². The van der Waals surface area contributed by atoms with E-state index < -0.39 is 5.82 Å². The van der Waals surface area contributed by atoms with E-state index in [0.29, 0.717) is 32.8 Å². The Morgan fingerprint density at radius 3 is 2.14 bits per heavy atom. The Morgan fingerprint density at radius 2 is 1.48 bits per heavy atom. The summed E-state index contributed by atoms with van der Waals surface area (Å²) in [5.41, 5.74) is 2.97. The van der Waals surface area contributed by atoms with Crippen molar-refractivity contribution in [3.05, 3.63) is 86.1 Å². The number of halogens is 5. The van der Waals surface area contributed by atoms with Crippen LogP contribution in [0.1, 0.15) is 5.56 Å². The molecule has 29 heavy (non-hydrogen) atoms. The predicted octanol–water partition coefficient (Wildman–Crippen LogP) is 8.76. The van der Waals surface area contributed by atoms with Gasteiger partial charge in [0.25, 0.3) is 0 Å². The highest BCUT2D eigenvalue weighted by Crippen LogP contribution is 2.37. The molecule has 3 aromatic carbocycles. The van der Waals surface area contributed by atoms with E-state index in [0.717, 1.165) is 16.5 Å². The van der Waals surface area contributed by atoms with Crippen molar-refractivity contribution in [2.24, 2.45) is 0 Å². The van der Waals surface area contributed by atoms with E-state index in [9.17, 15) is 4.39 Å². The van der Waals surface area contributed by atoms with Crippen molar-refractivity contribution in [2.45, 2.75) is 6.92 Å². The number of fused-ring (bicyclic) bond motifs is 1. The standard InChI is InChI=1S/C22H12Cl4FNO/c1-11-7-20(12-8-17(25)21(27)18(26)9-12)28-19-6-5-13(10-14(11)19)29-22-15(23)3-2-4-16(22)24/h2-10H,1H3. The van der Waals surface area contributed by atoms with Crippen LogP contribution < -0.4 is 4.74 Å². The summed E-state index contributed by atoms with van der Waals surface area (Å²) in [7, 11) is 0. The number of aromatic nitrogens is 1. The van der Waals surface area contributed by atoms with E-state index in [1.54, 1.807) is 24.3 Å². The normalized spacial score (nSPS) is 11.1. The first-order valence-electron chi connectivity index (χ1n) is 8.51. The second-order valence-corrected chi connectivity index (χ2v) is 8.04. The Bertz CT molecular complexity index is 1220. The van der Waals surface area contributed by atoms with Gasteiger partial charge in [-0.3, -0.25) is 0 Å². The van der Waals surface area contributed by atoms with Crippen molar-refractivity contribution >= 4 is 57.3 Å². The Balaban J connectivity index is 1.76. The van der Waals surface area contributed by atoms with E-state index in [-0.39, 0.29) is 10.0 Å². The zero-order chi connectivity index (χ0) is 20.7. The minimum atomic E-state index is -0.644. The van der Waals surface area contributed by atoms with Gasteiger partial charge in [0.1, 0.15) is 5.75 Å². The number of hydrogen-bond donors (Lipinski definition) is 0. The number of benzene rings is 3. The lowest BCUT2D eigenvalue weighted by molar-refractivity contribution is 0.484. The van der Waals surface area contributed by atoms with Crippen molar-refractivity contribution in [1.29, 1.82) is 0 Å². The van der Waals surface area contributed by atoms with Crippen molar-refractivity contribution in [1.82, 2.24) is 4.98 Å². The molecule has 2 nitrogen and oxygen atoms in total. The predicted molar refractivity (Wildman–Crippen MR) is 118 cm³/mol. The molecule has 146 valence electrons. The molecule has 0 saturated heterocycles. The van der Waals surface area contributed by atoms with Crippen LogP contribution in [0.15, 0.2) is 54.6 Å². The summed E-state index contributed by atoms with van der Waals surface area (Å²) in [5.74, 6) is 0.334. The van der Waals surface area contributed by atoms with Crippen molar-refractivity contribution < 1.29 is 9.13 Å². The number of aryl methyl sites for hydroxylation is 1. The molecule has 0 fully saturated rings. The molecule has 0 bridgehead atoms. The first-order valence-corrected chi connectivity index (χ1v) is 10.0. The molecule has 0 aliphatic carbocycles. The zero-order valence-electron chi connectivity index (χ0n) is 14.9. The molecule has 0 unspecified atom stereocenters. The van der Waals surface area contributed by atoms with Gasteiger partial charge in [0, 0.05) is 10.9 Å². The number of pyridine rings is 1. The van der Waals surface area contributed by atoms with Crippen LogP contribution in [0.25, 0.3) is 22.2 Å². The van der Waals surface area contributed by atoms with Crippen LogP contribution in [0.4, 0.5) is 4.39 Å². The van der Waals surface area contributed by atoms with E-state index in [1.165, 1.54) is 12.1 Å². The monoisotopic (exact) mass is 465 g/mol. The quantitative estimate of drug-likeness (QED) is 0.281. The summed E-state index contributed by atoms with van der Waals surface area (Å²) in [6, 6.07) is 15.5. The molecule has 4 rings (SSSR count). The lowest BCUT2D eigenvalue weighted by Crippen LogP contribution is -1.92. The third kappa shape index (κ3) is 4.01. The molecule has 0 N–H and O–H groups in total. The van der Waals surface area contributed by atoms with E-state index in [4.69, 9.17) is 51.1 Å². The van der Waals surface area contributed by atoms with Gasteiger partial charge in [-0.2, -0.15) is 0 Å². The molecule has 0 radical (unpaired) electrons. The molecular weight excluding hydrogens is 455 g/mol. The maximum Gasteiger partial charge on any atom is 0.164 e. The van der Waals surface area contributed by atoms with Crippen molar-refractivity contribution in [3.8, 4) is 22.8 Å². The van der Waals surface area contributed by atoms with Gasteiger partial charge in [0.05, 0.1) is 31.3 Å². The van der Waals surface area contributed by atoms with E-state index in [1.807, 2.05) is 25.1 Å². The summed E-state index contributed by atoms with van der Waals surface area (Å²) in [6.07, 6.45) is 0. The third-order valence-corrected chi connectivity index (χ3v) is 5.55. The van der Waals surface area contributed by atoms with E-state index in [2.05, 4.69) is 4.98 Å². The minimum Gasteiger partial charge on any atom is -0.454 e. The molecule has 7 heteroatoms. The second kappa shape index (κ2) is 8.00. The van der Waals surface area contributed by atoms with Gasteiger partial charge in [0.2, 0.25) is 0 Å². The van der Waals surface area contributed by atoms with Gasteiger partial charge in [-0.05, 0) is 61.0 Å². The highest BCUT2D eigenvalue weighted by atomic mass is 35.5.